The summed E-state index contributed by atoms with van der Waals surface area (Å²) in [5.41, 5.74) is 0.748. The molecule has 2 fully saturated rings. The van der Waals surface area contributed by atoms with Crippen LogP contribution < -0.4 is 10.1 Å². The van der Waals surface area contributed by atoms with E-state index in [4.69, 9.17) is 9.47 Å². The highest BCUT2D eigenvalue weighted by Crippen LogP contribution is 2.23. The van der Waals surface area contributed by atoms with E-state index in [1.165, 1.54) is 0 Å². The van der Waals surface area contributed by atoms with E-state index >= 15 is 0 Å². The zero-order valence-corrected chi connectivity index (χ0v) is 19.4. The molecule has 0 aromatic heterocycles. The van der Waals surface area contributed by atoms with Crippen LogP contribution in [0.1, 0.15) is 18.4 Å². The number of carbonyl (C=O) groups excluding carboxylic acids is 1. The highest BCUT2D eigenvalue weighted by atomic mass is 127. The lowest BCUT2D eigenvalue weighted by Gasteiger charge is -2.36. The minimum atomic E-state index is 0. The van der Waals surface area contributed by atoms with E-state index in [1.807, 2.05) is 11.0 Å². The number of phenols is 1. The van der Waals surface area contributed by atoms with Crippen molar-refractivity contribution in [1.82, 2.24) is 15.1 Å². The maximum absolute atomic E-state index is 12.7. The number of rotatable bonds is 4. The van der Waals surface area contributed by atoms with Gasteiger partial charge in [0.25, 0.3) is 0 Å². The molecule has 8 nitrogen and oxygen atoms in total. The van der Waals surface area contributed by atoms with Gasteiger partial charge in [-0.25, -0.2) is 0 Å². The summed E-state index contributed by atoms with van der Waals surface area (Å²) < 4.78 is 10.6. The second kappa shape index (κ2) is 11.4. The summed E-state index contributed by atoms with van der Waals surface area (Å²) in [4.78, 5) is 21.1. The van der Waals surface area contributed by atoms with Gasteiger partial charge in [0.2, 0.25) is 5.91 Å². The highest BCUT2D eigenvalue weighted by Gasteiger charge is 2.30. The first-order chi connectivity index (χ1) is 13.6. The number of aliphatic imine (C=N–C) groups is 1. The molecule has 0 aliphatic carbocycles. The Kier molecular flexibility index (Phi) is 9.28. The number of carbonyl (C=O) groups is 1. The molecule has 2 N–H and O–H groups in total. The quantitative estimate of drug-likeness (QED) is 0.359. The molecule has 9 heteroatoms. The summed E-state index contributed by atoms with van der Waals surface area (Å²) in [5, 5.41) is 13.3. The van der Waals surface area contributed by atoms with Crippen LogP contribution in [-0.2, 0) is 16.1 Å². The summed E-state index contributed by atoms with van der Waals surface area (Å²) >= 11 is 0. The number of morpholine rings is 1. The standard InChI is InChI=1S/C20H30N4O4.HI/c1-21-20(22-14-16-13-17(27-2)3-4-18(16)25)24-7-5-15(6-8-24)19(26)23-9-11-28-12-10-23;/h3-4,13,15,25H,5-12,14H2,1-2H3,(H,21,22);1H. The van der Waals surface area contributed by atoms with Gasteiger partial charge in [0.1, 0.15) is 11.5 Å². The minimum absolute atomic E-state index is 0. The third kappa shape index (κ3) is 6.11. The highest BCUT2D eigenvalue weighted by molar-refractivity contribution is 14.0. The molecule has 2 aliphatic heterocycles. The van der Waals surface area contributed by atoms with Crippen molar-refractivity contribution in [2.24, 2.45) is 10.9 Å². The van der Waals surface area contributed by atoms with Crippen LogP contribution in [-0.4, -0.2) is 80.3 Å². The van der Waals surface area contributed by atoms with Crippen LogP contribution in [0.15, 0.2) is 23.2 Å². The molecule has 29 heavy (non-hydrogen) atoms. The number of guanidine groups is 1. The van der Waals surface area contributed by atoms with Gasteiger partial charge in [0.05, 0.1) is 20.3 Å². The molecule has 0 radical (unpaired) electrons. The number of nitrogens with zero attached hydrogens (tertiary/aromatic N) is 3. The average Bonchev–Trinajstić information content (AvgIpc) is 2.76. The van der Waals surface area contributed by atoms with Crippen molar-refractivity contribution in [1.29, 1.82) is 0 Å². The van der Waals surface area contributed by atoms with Crippen LogP contribution in [0.4, 0.5) is 0 Å². The summed E-state index contributed by atoms with van der Waals surface area (Å²) in [6.07, 6.45) is 1.64. The summed E-state index contributed by atoms with van der Waals surface area (Å²) in [5.74, 6) is 2.03. The van der Waals surface area contributed by atoms with Crippen LogP contribution in [0, 0.1) is 5.92 Å². The number of aromatic hydroxyl groups is 1. The smallest absolute Gasteiger partial charge is 0.225 e. The van der Waals surface area contributed by atoms with Gasteiger partial charge >= 0.3 is 0 Å². The normalized spacial score (nSPS) is 18.2. The molecular formula is C20H31IN4O4. The fraction of sp³-hybridized carbons (Fsp3) is 0.600. The van der Waals surface area contributed by atoms with E-state index in [0.717, 1.165) is 37.5 Å². The second-order valence-corrected chi connectivity index (χ2v) is 7.09. The average molecular weight is 518 g/mol. The van der Waals surface area contributed by atoms with Crippen LogP contribution in [0.3, 0.4) is 0 Å². The fourth-order valence-electron chi connectivity index (χ4n) is 3.72. The Morgan fingerprint density at radius 2 is 1.93 bits per heavy atom. The number of amides is 1. The van der Waals surface area contributed by atoms with Crippen LogP contribution in [0.2, 0.25) is 0 Å². The summed E-state index contributed by atoms with van der Waals surface area (Å²) in [6.45, 7) is 4.69. The molecular weight excluding hydrogens is 487 g/mol. The Morgan fingerprint density at radius 1 is 1.24 bits per heavy atom. The molecule has 2 aliphatic rings. The van der Waals surface area contributed by atoms with Gasteiger partial charge in [0, 0.05) is 51.3 Å². The molecule has 3 rings (SSSR count). The number of halogens is 1. The van der Waals surface area contributed by atoms with Gasteiger partial charge < -0.3 is 29.7 Å². The number of nitrogens with one attached hydrogen (secondary N) is 1. The first-order valence-electron chi connectivity index (χ1n) is 9.80. The SMILES string of the molecule is CN=C(NCc1cc(OC)ccc1O)N1CCC(C(=O)N2CCOCC2)CC1.I. The number of phenolic OH excluding ortho intramolecular Hbond substituents is 1. The number of methoxy groups -OCH3 is 1. The molecule has 1 amide bonds. The van der Waals surface area contributed by atoms with E-state index in [2.05, 4.69) is 15.2 Å². The Bertz CT molecular complexity index is 702. The van der Waals surface area contributed by atoms with E-state index in [1.54, 1.807) is 26.3 Å². The van der Waals surface area contributed by atoms with Gasteiger partial charge in [-0.2, -0.15) is 0 Å². The van der Waals surface area contributed by atoms with Crippen molar-refractivity contribution in [3.05, 3.63) is 23.8 Å². The molecule has 0 atom stereocenters. The lowest BCUT2D eigenvalue weighted by atomic mass is 9.95. The van der Waals surface area contributed by atoms with Crippen LogP contribution in [0.5, 0.6) is 11.5 Å². The van der Waals surface area contributed by atoms with Crippen molar-refractivity contribution < 1.29 is 19.4 Å². The van der Waals surface area contributed by atoms with Crippen molar-refractivity contribution in [3.63, 3.8) is 0 Å². The Hall–Kier alpha value is -1.75. The largest absolute Gasteiger partial charge is 0.508 e. The fourth-order valence-corrected chi connectivity index (χ4v) is 3.72. The zero-order chi connectivity index (χ0) is 19.9. The number of likely N-dealkylation sites (tertiary alicyclic amines) is 1. The molecule has 162 valence electrons. The van der Waals surface area contributed by atoms with Crippen molar-refractivity contribution >= 4 is 35.8 Å². The molecule has 0 saturated carbocycles. The molecule has 0 unspecified atom stereocenters. The summed E-state index contributed by atoms with van der Waals surface area (Å²) in [7, 11) is 3.35. The van der Waals surface area contributed by atoms with Crippen molar-refractivity contribution in [2.75, 3.05) is 53.6 Å². The number of hydrogen-bond donors (Lipinski definition) is 2. The predicted molar refractivity (Wildman–Crippen MR) is 122 cm³/mol. The van der Waals surface area contributed by atoms with Gasteiger partial charge in [-0.15, -0.1) is 24.0 Å². The van der Waals surface area contributed by atoms with Crippen LogP contribution >= 0.6 is 24.0 Å². The number of piperidine rings is 1. The molecule has 0 bridgehead atoms. The Morgan fingerprint density at radius 3 is 2.55 bits per heavy atom. The molecule has 2 heterocycles. The van der Waals surface area contributed by atoms with Crippen molar-refractivity contribution in [3.8, 4) is 11.5 Å². The lowest BCUT2D eigenvalue weighted by molar-refractivity contribution is -0.140. The number of benzene rings is 1. The van der Waals surface area contributed by atoms with Gasteiger partial charge in [-0.1, -0.05) is 0 Å². The first-order valence-corrected chi connectivity index (χ1v) is 9.80. The number of hydrogen-bond acceptors (Lipinski definition) is 5. The number of ether oxygens (including phenoxy) is 2. The van der Waals surface area contributed by atoms with E-state index < -0.39 is 0 Å². The third-order valence-corrected chi connectivity index (χ3v) is 5.40. The maximum atomic E-state index is 12.7. The predicted octanol–water partition coefficient (Wildman–Crippen LogP) is 1.66. The van der Waals surface area contributed by atoms with Gasteiger partial charge in [-0.05, 0) is 31.0 Å². The van der Waals surface area contributed by atoms with E-state index in [-0.39, 0.29) is 41.6 Å². The zero-order valence-electron chi connectivity index (χ0n) is 17.1. The summed E-state index contributed by atoms with van der Waals surface area (Å²) in [6, 6.07) is 5.16. The Labute approximate surface area is 189 Å². The van der Waals surface area contributed by atoms with Gasteiger partial charge in [-0.3, -0.25) is 9.79 Å². The van der Waals surface area contributed by atoms with Crippen molar-refractivity contribution in [2.45, 2.75) is 19.4 Å². The molecule has 1 aromatic rings. The molecule has 0 spiro atoms. The lowest BCUT2D eigenvalue weighted by Crippen LogP contribution is -2.49. The first kappa shape index (κ1) is 23.5. The monoisotopic (exact) mass is 518 g/mol. The topological polar surface area (TPSA) is 86.6 Å². The maximum Gasteiger partial charge on any atom is 0.225 e. The van der Waals surface area contributed by atoms with Gasteiger partial charge in [0.15, 0.2) is 5.96 Å². The molecule has 1 aromatic carbocycles. The second-order valence-electron chi connectivity index (χ2n) is 7.09. The van der Waals surface area contributed by atoms with E-state index in [0.29, 0.717) is 38.6 Å². The van der Waals surface area contributed by atoms with Crippen LogP contribution in [0.25, 0.3) is 0 Å². The molecule has 2 saturated heterocycles. The minimum Gasteiger partial charge on any atom is -0.508 e. The third-order valence-electron chi connectivity index (χ3n) is 5.40. The Balaban J connectivity index is 0.00000300. The van der Waals surface area contributed by atoms with E-state index in [9.17, 15) is 9.90 Å².